The Bertz CT molecular complexity index is 888. The molecule has 3 rings (SSSR count). The lowest BCUT2D eigenvalue weighted by molar-refractivity contribution is 0.281. The summed E-state index contributed by atoms with van der Waals surface area (Å²) in [5.41, 5.74) is 2.30. The van der Waals surface area contributed by atoms with Crippen LogP contribution in [0, 0.1) is 0 Å². The average molecular weight is 380 g/mol. The largest absolute Gasteiger partial charge is 0.497 e. The van der Waals surface area contributed by atoms with Crippen molar-refractivity contribution < 1.29 is 19.1 Å². The summed E-state index contributed by atoms with van der Waals surface area (Å²) in [7, 11) is 3.12. The minimum Gasteiger partial charge on any atom is -0.497 e. The number of halogens is 2. The summed E-state index contributed by atoms with van der Waals surface area (Å²) in [6, 6.07) is 10.3. The molecule has 0 saturated carbocycles. The average Bonchev–Trinajstić information content (AvgIpc) is 3.04. The van der Waals surface area contributed by atoms with Gasteiger partial charge in [0.05, 0.1) is 26.4 Å². The van der Waals surface area contributed by atoms with Gasteiger partial charge in [0.25, 0.3) is 0 Å². The van der Waals surface area contributed by atoms with Gasteiger partial charge in [0.15, 0.2) is 5.76 Å². The summed E-state index contributed by atoms with van der Waals surface area (Å²) in [6.45, 7) is -0.270. The molecule has 0 atom stereocenters. The Hall–Kier alpha value is -2.21. The van der Waals surface area contributed by atoms with E-state index in [1.165, 1.54) is 0 Å². The van der Waals surface area contributed by atoms with Crippen molar-refractivity contribution in [2.45, 2.75) is 6.61 Å². The highest BCUT2D eigenvalue weighted by Gasteiger charge is 2.21. The zero-order chi connectivity index (χ0) is 18.0. The molecule has 0 aliphatic heterocycles. The van der Waals surface area contributed by atoms with Gasteiger partial charge < -0.3 is 19.1 Å². The number of aliphatic hydroxyl groups excluding tert-OH is 1. The highest BCUT2D eigenvalue weighted by molar-refractivity contribution is 6.35. The Morgan fingerprint density at radius 3 is 2.36 bits per heavy atom. The topological polar surface area (TPSA) is 64.7 Å². The molecular weight excluding hydrogens is 365 g/mol. The Morgan fingerprint density at radius 1 is 1.04 bits per heavy atom. The predicted octanol–water partition coefficient (Wildman–Crippen LogP) is 4.82. The Balaban J connectivity index is 2.15. The van der Waals surface area contributed by atoms with Crippen molar-refractivity contribution in [3.63, 3.8) is 0 Å². The van der Waals surface area contributed by atoms with E-state index < -0.39 is 0 Å². The van der Waals surface area contributed by atoms with Crippen LogP contribution in [0.3, 0.4) is 0 Å². The maximum absolute atomic E-state index is 9.88. The molecule has 0 aliphatic carbocycles. The Kier molecular flexibility index (Phi) is 5.18. The minimum absolute atomic E-state index is 0.270. The summed E-state index contributed by atoms with van der Waals surface area (Å²) in [4.78, 5) is 0. The molecule has 0 aliphatic rings. The second kappa shape index (κ2) is 7.35. The molecule has 0 bridgehead atoms. The minimum atomic E-state index is -0.270. The number of aliphatic hydroxyl groups is 1. The second-order valence-corrected chi connectivity index (χ2v) is 6.09. The molecule has 0 spiro atoms. The molecule has 2 aromatic carbocycles. The Labute approximate surface area is 154 Å². The first kappa shape index (κ1) is 17.6. The van der Waals surface area contributed by atoms with Crippen LogP contribution >= 0.6 is 23.2 Å². The molecule has 1 aromatic heterocycles. The first-order valence-electron chi connectivity index (χ1n) is 7.35. The summed E-state index contributed by atoms with van der Waals surface area (Å²) < 4.78 is 16.1. The van der Waals surface area contributed by atoms with Crippen LogP contribution in [-0.2, 0) is 6.61 Å². The second-order valence-electron chi connectivity index (χ2n) is 5.22. The van der Waals surface area contributed by atoms with Gasteiger partial charge in [0, 0.05) is 27.2 Å². The number of nitrogens with zero attached hydrogens (tertiary/aromatic N) is 1. The number of hydrogen-bond donors (Lipinski definition) is 1. The van der Waals surface area contributed by atoms with Crippen LogP contribution in [0.15, 0.2) is 40.9 Å². The van der Waals surface area contributed by atoms with Gasteiger partial charge in [0.1, 0.15) is 17.2 Å². The smallest absolute Gasteiger partial charge is 0.173 e. The van der Waals surface area contributed by atoms with Gasteiger partial charge in [-0.3, -0.25) is 0 Å². The third kappa shape index (κ3) is 3.44. The van der Waals surface area contributed by atoms with Gasteiger partial charge in [-0.1, -0.05) is 28.4 Å². The molecule has 5 nitrogen and oxygen atoms in total. The van der Waals surface area contributed by atoms with Crippen molar-refractivity contribution in [1.29, 1.82) is 0 Å². The lowest BCUT2D eigenvalue weighted by Crippen LogP contribution is -1.94. The van der Waals surface area contributed by atoms with E-state index in [1.807, 2.05) is 0 Å². The molecule has 0 fully saturated rings. The van der Waals surface area contributed by atoms with E-state index in [0.29, 0.717) is 49.7 Å². The summed E-state index contributed by atoms with van der Waals surface area (Å²) >= 11 is 12.1. The van der Waals surface area contributed by atoms with E-state index >= 15 is 0 Å². The van der Waals surface area contributed by atoms with Crippen molar-refractivity contribution in [2.24, 2.45) is 0 Å². The van der Waals surface area contributed by atoms with Crippen LogP contribution < -0.4 is 9.47 Å². The van der Waals surface area contributed by atoms with Crippen molar-refractivity contribution >= 4 is 23.2 Å². The number of benzene rings is 2. The van der Waals surface area contributed by atoms with Gasteiger partial charge in [-0.15, -0.1) is 0 Å². The molecular formula is C18H15Cl2NO4. The van der Waals surface area contributed by atoms with Crippen molar-refractivity contribution in [2.75, 3.05) is 14.2 Å². The number of hydrogen-bond acceptors (Lipinski definition) is 5. The third-order valence-electron chi connectivity index (χ3n) is 3.73. The first-order valence-corrected chi connectivity index (χ1v) is 8.11. The SMILES string of the molecule is COc1ccc(-c2noc(-c3cc(Cl)cc(Cl)c3)c2CO)c(OC)c1. The number of ether oxygens (including phenoxy) is 2. The lowest BCUT2D eigenvalue weighted by atomic mass is 10.0. The predicted molar refractivity (Wildman–Crippen MR) is 96.4 cm³/mol. The van der Waals surface area contributed by atoms with Gasteiger partial charge in [-0.2, -0.15) is 0 Å². The maximum atomic E-state index is 9.88. The molecule has 1 heterocycles. The van der Waals surface area contributed by atoms with Crippen molar-refractivity contribution in [3.05, 3.63) is 52.0 Å². The van der Waals surface area contributed by atoms with Crippen LogP contribution in [0.4, 0.5) is 0 Å². The van der Waals surface area contributed by atoms with Gasteiger partial charge in [-0.05, 0) is 30.3 Å². The number of aromatic nitrogens is 1. The first-order chi connectivity index (χ1) is 12.1. The number of rotatable bonds is 5. The van der Waals surface area contributed by atoms with Gasteiger partial charge in [-0.25, -0.2) is 0 Å². The lowest BCUT2D eigenvalue weighted by Gasteiger charge is -2.09. The normalized spacial score (nSPS) is 10.8. The molecule has 25 heavy (non-hydrogen) atoms. The van der Waals surface area contributed by atoms with Crippen LogP contribution in [0.2, 0.25) is 10.0 Å². The van der Waals surface area contributed by atoms with Gasteiger partial charge >= 0.3 is 0 Å². The molecule has 0 amide bonds. The molecule has 130 valence electrons. The fourth-order valence-corrected chi connectivity index (χ4v) is 3.10. The standard InChI is InChI=1S/C18H15Cl2NO4/c1-23-13-3-4-14(16(8-13)24-2)17-15(9-22)18(25-21-17)10-5-11(19)7-12(20)6-10/h3-8,22H,9H2,1-2H3. The zero-order valence-corrected chi connectivity index (χ0v) is 15.1. The van der Waals surface area contributed by atoms with E-state index in [0.717, 1.165) is 0 Å². The summed E-state index contributed by atoms with van der Waals surface area (Å²) in [6.07, 6.45) is 0. The fourth-order valence-electron chi connectivity index (χ4n) is 2.57. The van der Waals surface area contributed by atoms with Crippen molar-refractivity contribution in [1.82, 2.24) is 5.16 Å². The quantitative estimate of drug-likeness (QED) is 0.687. The van der Waals surface area contributed by atoms with E-state index in [9.17, 15) is 5.11 Å². The Morgan fingerprint density at radius 2 is 1.76 bits per heavy atom. The molecule has 3 aromatic rings. The third-order valence-corrected chi connectivity index (χ3v) is 4.17. The summed E-state index contributed by atoms with van der Waals surface area (Å²) in [5, 5.41) is 14.9. The molecule has 0 unspecified atom stereocenters. The monoisotopic (exact) mass is 379 g/mol. The number of methoxy groups -OCH3 is 2. The fraction of sp³-hybridized carbons (Fsp3) is 0.167. The van der Waals surface area contributed by atoms with Crippen LogP contribution in [-0.4, -0.2) is 24.5 Å². The zero-order valence-electron chi connectivity index (χ0n) is 13.5. The van der Waals surface area contributed by atoms with Crippen LogP contribution in [0.25, 0.3) is 22.6 Å². The van der Waals surface area contributed by atoms with E-state index in [-0.39, 0.29) is 6.61 Å². The van der Waals surface area contributed by atoms with E-state index in [2.05, 4.69) is 5.16 Å². The maximum Gasteiger partial charge on any atom is 0.173 e. The van der Waals surface area contributed by atoms with Gasteiger partial charge in [0.2, 0.25) is 0 Å². The summed E-state index contributed by atoms with van der Waals surface area (Å²) in [5.74, 6) is 1.61. The van der Waals surface area contributed by atoms with E-state index in [1.54, 1.807) is 50.6 Å². The van der Waals surface area contributed by atoms with Crippen LogP contribution in [0.5, 0.6) is 11.5 Å². The molecule has 1 N–H and O–H groups in total. The molecule has 0 saturated heterocycles. The molecule has 7 heteroatoms. The highest BCUT2D eigenvalue weighted by atomic mass is 35.5. The van der Waals surface area contributed by atoms with Crippen LogP contribution in [0.1, 0.15) is 5.56 Å². The van der Waals surface area contributed by atoms with Crippen molar-refractivity contribution in [3.8, 4) is 34.1 Å². The van der Waals surface area contributed by atoms with E-state index in [4.69, 9.17) is 37.2 Å². The highest BCUT2D eigenvalue weighted by Crippen LogP contribution is 2.39. The molecule has 0 radical (unpaired) electrons.